The van der Waals surface area contributed by atoms with Crippen LogP contribution in [0.1, 0.15) is 25.7 Å². The number of carbonyl (C=O) groups is 1. The maximum atomic E-state index is 12.5. The lowest BCUT2D eigenvalue weighted by molar-refractivity contribution is -0.131. The minimum Gasteiger partial charge on any atom is -0.496 e. The van der Waals surface area contributed by atoms with Crippen LogP contribution in [-0.4, -0.2) is 35.6 Å². The number of benzene rings is 1. The Balaban J connectivity index is 1.79. The Bertz CT molecular complexity index is 625. The zero-order valence-electron chi connectivity index (χ0n) is 12.5. The van der Waals surface area contributed by atoms with Gasteiger partial charge in [0.25, 0.3) is 0 Å². The first kappa shape index (κ1) is 14.0. The highest BCUT2D eigenvalue weighted by Crippen LogP contribution is 2.26. The predicted molar refractivity (Wildman–Crippen MR) is 83.5 cm³/mol. The molecule has 2 heterocycles. The van der Waals surface area contributed by atoms with E-state index >= 15 is 0 Å². The number of amides is 1. The van der Waals surface area contributed by atoms with Crippen LogP contribution in [0.4, 0.5) is 0 Å². The van der Waals surface area contributed by atoms with E-state index in [1.165, 1.54) is 12.8 Å². The highest BCUT2D eigenvalue weighted by molar-refractivity contribution is 5.88. The first-order chi connectivity index (χ1) is 10.3. The molecule has 1 aromatic heterocycles. The summed E-state index contributed by atoms with van der Waals surface area (Å²) in [5, 5.41) is 1.06. The highest BCUT2D eigenvalue weighted by Gasteiger charge is 2.16. The Hall–Kier alpha value is -1.97. The molecule has 112 valence electrons. The molecule has 3 rings (SSSR count). The van der Waals surface area contributed by atoms with Crippen LogP contribution in [0.15, 0.2) is 30.5 Å². The second-order valence-electron chi connectivity index (χ2n) is 5.63. The largest absolute Gasteiger partial charge is 0.496 e. The van der Waals surface area contributed by atoms with Crippen LogP contribution in [-0.2, 0) is 11.3 Å². The first-order valence-electron chi connectivity index (χ1n) is 7.69. The Morgan fingerprint density at radius 1 is 1.14 bits per heavy atom. The van der Waals surface area contributed by atoms with Gasteiger partial charge in [0.15, 0.2) is 0 Å². The molecule has 1 aliphatic rings. The Kier molecular flexibility index (Phi) is 4.13. The normalized spacial score (nSPS) is 16.0. The van der Waals surface area contributed by atoms with E-state index < -0.39 is 0 Å². The Morgan fingerprint density at radius 2 is 1.90 bits per heavy atom. The topological polar surface area (TPSA) is 34.5 Å². The molecule has 1 amide bonds. The van der Waals surface area contributed by atoms with Crippen molar-refractivity contribution in [3.63, 3.8) is 0 Å². The smallest absolute Gasteiger partial charge is 0.242 e. The van der Waals surface area contributed by atoms with Gasteiger partial charge < -0.3 is 14.2 Å². The molecule has 1 aromatic carbocycles. The molecule has 0 radical (unpaired) electrons. The molecule has 1 aliphatic heterocycles. The van der Waals surface area contributed by atoms with E-state index in [9.17, 15) is 4.79 Å². The molecule has 21 heavy (non-hydrogen) atoms. The predicted octanol–water partition coefficient (Wildman–Crippen LogP) is 3.05. The van der Waals surface area contributed by atoms with Gasteiger partial charge in [-0.05, 0) is 31.0 Å². The minimum absolute atomic E-state index is 0.220. The number of ether oxygens (including phenoxy) is 1. The van der Waals surface area contributed by atoms with E-state index in [0.717, 1.165) is 42.6 Å². The Labute approximate surface area is 125 Å². The Morgan fingerprint density at radius 3 is 2.62 bits per heavy atom. The monoisotopic (exact) mass is 286 g/mol. The third kappa shape index (κ3) is 2.89. The van der Waals surface area contributed by atoms with Gasteiger partial charge >= 0.3 is 0 Å². The quantitative estimate of drug-likeness (QED) is 0.869. The molecule has 0 atom stereocenters. The zero-order valence-corrected chi connectivity index (χ0v) is 12.5. The molecule has 1 fully saturated rings. The zero-order chi connectivity index (χ0) is 14.7. The van der Waals surface area contributed by atoms with E-state index in [2.05, 4.69) is 0 Å². The van der Waals surface area contributed by atoms with Gasteiger partial charge in [0.2, 0.25) is 5.91 Å². The van der Waals surface area contributed by atoms with Crippen LogP contribution < -0.4 is 4.74 Å². The second-order valence-corrected chi connectivity index (χ2v) is 5.63. The SMILES string of the molecule is COc1cccc2c1ccn2CC(=O)N1CCCCCC1. The average Bonchev–Trinajstić information content (AvgIpc) is 2.75. The van der Waals surface area contributed by atoms with Crippen molar-refractivity contribution >= 4 is 16.8 Å². The molecule has 2 aromatic rings. The summed E-state index contributed by atoms with van der Waals surface area (Å²) in [5.74, 6) is 1.07. The maximum absolute atomic E-state index is 12.5. The summed E-state index contributed by atoms with van der Waals surface area (Å²) in [6, 6.07) is 7.97. The number of nitrogens with zero attached hydrogens (tertiary/aromatic N) is 2. The van der Waals surface area contributed by atoms with Gasteiger partial charge in [0.05, 0.1) is 12.6 Å². The number of hydrogen-bond donors (Lipinski definition) is 0. The van der Waals surface area contributed by atoms with Gasteiger partial charge in [-0.1, -0.05) is 18.9 Å². The van der Waals surface area contributed by atoms with Crippen molar-refractivity contribution in [2.24, 2.45) is 0 Å². The molecule has 0 N–H and O–H groups in total. The van der Waals surface area contributed by atoms with E-state index in [-0.39, 0.29) is 5.91 Å². The van der Waals surface area contributed by atoms with E-state index in [1.54, 1.807) is 7.11 Å². The fourth-order valence-electron chi connectivity index (χ4n) is 3.08. The van der Waals surface area contributed by atoms with Crippen LogP contribution in [0.25, 0.3) is 10.9 Å². The summed E-state index contributed by atoms with van der Waals surface area (Å²) in [6.07, 6.45) is 6.72. The molecule has 4 nitrogen and oxygen atoms in total. The summed E-state index contributed by atoms with van der Waals surface area (Å²) in [5.41, 5.74) is 1.05. The number of carbonyl (C=O) groups excluding carboxylic acids is 1. The lowest BCUT2D eigenvalue weighted by Gasteiger charge is -2.20. The van der Waals surface area contributed by atoms with Crippen molar-refractivity contribution in [2.45, 2.75) is 32.2 Å². The van der Waals surface area contributed by atoms with Crippen LogP contribution in [0, 0.1) is 0 Å². The summed E-state index contributed by atoms with van der Waals surface area (Å²) >= 11 is 0. The minimum atomic E-state index is 0.220. The summed E-state index contributed by atoms with van der Waals surface area (Å²) < 4.78 is 7.39. The van der Waals surface area contributed by atoms with Gasteiger partial charge in [-0.25, -0.2) is 0 Å². The molecular weight excluding hydrogens is 264 g/mol. The third-order valence-electron chi connectivity index (χ3n) is 4.26. The van der Waals surface area contributed by atoms with Crippen LogP contribution in [0.5, 0.6) is 5.75 Å². The summed E-state index contributed by atoms with van der Waals surface area (Å²) in [6.45, 7) is 2.22. The molecule has 1 saturated heterocycles. The fourth-order valence-corrected chi connectivity index (χ4v) is 3.08. The molecule has 0 unspecified atom stereocenters. The number of rotatable bonds is 3. The van der Waals surface area contributed by atoms with Crippen LogP contribution in [0.2, 0.25) is 0 Å². The van der Waals surface area contributed by atoms with Gasteiger partial charge in [-0.3, -0.25) is 4.79 Å². The number of hydrogen-bond acceptors (Lipinski definition) is 2. The van der Waals surface area contributed by atoms with Crippen molar-refractivity contribution in [3.8, 4) is 5.75 Å². The molecule has 4 heteroatoms. The van der Waals surface area contributed by atoms with Crippen LogP contribution >= 0.6 is 0 Å². The van der Waals surface area contributed by atoms with E-state index in [0.29, 0.717) is 6.54 Å². The van der Waals surface area contributed by atoms with E-state index in [4.69, 9.17) is 4.74 Å². The lowest BCUT2D eigenvalue weighted by Crippen LogP contribution is -2.34. The summed E-state index contributed by atoms with van der Waals surface area (Å²) in [7, 11) is 1.68. The molecule has 0 saturated carbocycles. The first-order valence-corrected chi connectivity index (χ1v) is 7.69. The van der Waals surface area contributed by atoms with Gasteiger partial charge in [0.1, 0.15) is 12.3 Å². The van der Waals surface area contributed by atoms with Crippen molar-refractivity contribution in [3.05, 3.63) is 30.5 Å². The van der Waals surface area contributed by atoms with Gasteiger partial charge in [-0.2, -0.15) is 0 Å². The number of likely N-dealkylation sites (tertiary alicyclic amines) is 1. The van der Waals surface area contributed by atoms with Crippen molar-refractivity contribution in [2.75, 3.05) is 20.2 Å². The van der Waals surface area contributed by atoms with E-state index in [1.807, 2.05) is 39.9 Å². The maximum Gasteiger partial charge on any atom is 0.242 e. The van der Waals surface area contributed by atoms with Crippen molar-refractivity contribution in [1.29, 1.82) is 0 Å². The molecule has 0 bridgehead atoms. The van der Waals surface area contributed by atoms with Crippen molar-refractivity contribution < 1.29 is 9.53 Å². The lowest BCUT2D eigenvalue weighted by atomic mass is 10.2. The molecule has 0 spiro atoms. The van der Waals surface area contributed by atoms with Gasteiger partial charge in [0, 0.05) is 24.7 Å². The molecular formula is C17H22N2O2. The molecule has 0 aliphatic carbocycles. The third-order valence-corrected chi connectivity index (χ3v) is 4.26. The average molecular weight is 286 g/mol. The fraction of sp³-hybridized carbons (Fsp3) is 0.471. The van der Waals surface area contributed by atoms with Crippen LogP contribution in [0.3, 0.4) is 0 Å². The number of fused-ring (bicyclic) bond motifs is 1. The number of aromatic nitrogens is 1. The number of methoxy groups -OCH3 is 1. The summed E-state index contributed by atoms with van der Waals surface area (Å²) in [4.78, 5) is 14.5. The standard InChI is InChI=1S/C17H22N2O2/c1-21-16-8-6-7-15-14(16)9-12-19(15)13-17(20)18-10-4-2-3-5-11-18/h6-9,12H,2-5,10-11,13H2,1H3. The highest BCUT2D eigenvalue weighted by atomic mass is 16.5. The second kappa shape index (κ2) is 6.20. The van der Waals surface area contributed by atoms with Crippen molar-refractivity contribution in [1.82, 2.24) is 9.47 Å². The van der Waals surface area contributed by atoms with Gasteiger partial charge in [-0.15, -0.1) is 0 Å².